The van der Waals surface area contributed by atoms with Crippen molar-refractivity contribution in [1.29, 1.82) is 0 Å². The molecule has 0 radical (unpaired) electrons. The third-order valence-electron chi connectivity index (χ3n) is 6.57. The number of fused-ring (bicyclic) bond motifs is 1. The lowest BCUT2D eigenvalue weighted by Crippen LogP contribution is -2.43. The van der Waals surface area contributed by atoms with Crippen molar-refractivity contribution in [2.75, 3.05) is 47.1 Å². The predicted molar refractivity (Wildman–Crippen MR) is 162 cm³/mol. The van der Waals surface area contributed by atoms with E-state index < -0.39 is 17.1 Å². The average Bonchev–Trinajstić information content (AvgIpc) is 2.94. The van der Waals surface area contributed by atoms with E-state index in [4.69, 9.17) is 35.0 Å². The normalized spacial score (nSPS) is 13.6. The van der Waals surface area contributed by atoms with Crippen LogP contribution in [0.25, 0.3) is 22.3 Å². The van der Waals surface area contributed by atoms with Crippen molar-refractivity contribution in [3.63, 3.8) is 0 Å². The van der Waals surface area contributed by atoms with Gasteiger partial charge in [0, 0.05) is 38.2 Å². The summed E-state index contributed by atoms with van der Waals surface area (Å²) in [6, 6.07) is 8.45. The highest BCUT2D eigenvalue weighted by molar-refractivity contribution is 9.10. The van der Waals surface area contributed by atoms with Crippen molar-refractivity contribution in [2.45, 2.75) is 39.3 Å². The Bertz CT molecular complexity index is 1530. The van der Waals surface area contributed by atoms with Gasteiger partial charge in [-0.2, -0.15) is 0 Å². The third-order valence-corrected chi connectivity index (χ3v) is 7.45. The van der Waals surface area contributed by atoms with Crippen molar-refractivity contribution < 1.29 is 33.0 Å². The van der Waals surface area contributed by atoms with Gasteiger partial charge in [0.05, 0.1) is 42.3 Å². The molecule has 0 aliphatic carbocycles. The van der Waals surface area contributed by atoms with Gasteiger partial charge in [-0.25, -0.2) is 4.79 Å². The second-order valence-corrected chi connectivity index (χ2v) is 12.0. The van der Waals surface area contributed by atoms with Gasteiger partial charge in [-0.1, -0.05) is 11.6 Å². The third kappa shape index (κ3) is 7.37. The van der Waals surface area contributed by atoms with Crippen LogP contribution in [0.2, 0.25) is 5.02 Å². The largest absolute Gasteiger partial charge is 0.495 e. The first-order valence-corrected chi connectivity index (χ1v) is 14.6. The van der Waals surface area contributed by atoms with Gasteiger partial charge in [0.1, 0.15) is 11.4 Å². The van der Waals surface area contributed by atoms with Gasteiger partial charge in [0.15, 0.2) is 11.3 Å². The van der Waals surface area contributed by atoms with Crippen LogP contribution in [-0.2, 0) is 20.8 Å². The molecule has 226 valence electrons. The molecule has 1 fully saturated rings. The van der Waals surface area contributed by atoms with Gasteiger partial charge >= 0.3 is 6.09 Å². The number of ether oxygens (including phenoxy) is 4. The minimum Gasteiger partial charge on any atom is -0.495 e. The maximum Gasteiger partial charge on any atom is 0.410 e. The molecule has 1 saturated heterocycles. The van der Waals surface area contributed by atoms with E-state index in [0.29, 0.717) is 58.3 Å². The lowest BCUT2D eigenvalue weighted by atomic mass is 10.1. The smallest absolute Gasteiger partial charge is 0.410 e. The summed E-state index contributed by atoms with van der Waals surface area (Å²) in [6.07, 6.45) is -0.442. The number of halogens is 2. The number of carbonyl (C=O) groups excluding carboxylic acids is 2. The monoisotopic (exact) mass is 664 g/mol. The van der Waals surface area contributed by atoms with E-state index in [1.165, 1.54) is 19.1 Å². The van der Waals surface area contributed by atoms with Crippen LogP contribution >= 0.6 is 27.5 Å². The van der Waals surface area contributed by atoms with E-state index in [9.17, 15) is 14.4 Å². The van der Waals surface area contributed by atoms with Crippen LogP contribution in [0, 0.1) is 0 Å². The average molecular weight is 666 g/mol. The molecule has 1 aliphatic rings. The summed E-state index contributed by atoms with van der Waals surface area (Å²) < 4.78 is 28.4. The Labute approximate surface area is 257 Å². The van der Waals surface area contributed by atoms with Crippen LogP contribution in [0.1, 0.15) is 32.8 Å². The lowest BCUT2D eigenvalue weighted by molar-refractivity contribution is -0.135. The van der Waals surface area contributed by atoms with Crippen LogP contribution in [0.4, 0.5) is 4.79 Å². The van der Waals surface area contributed by atoms with Crippen molar-refractivity contribution in [3.05, 3.63) is 55.6 Å². The van der Waals surface area contributed by atoms with Gasteiger partial charge in [0.2, 0.25) is 17.1 Å². The van der Waals surface area contributed by atoms with Gasteiger partial charge < -0.3 is 33.2 Å². The van der Waals surface area contributed by atoms with Gasteiger partial charge in [0.25, 0.3) is 0 Å². The number of nitrogens with zero attached hydrogens (tertiary/aromatic N) is 2. The number of hydrogen-bond donors (Lipinski definition) is 0. The maximum absolute atomic E-state index is 13.6. The Morgan fingerprint density at radius 3 is 2.43 bits per heavy atom. The molecule has 10 nitrogen and oxygen atoms in total. The van der Waals surface area contributed by atoms with Gasteiger partial charge in [-0.3, -0.25) is 9.59 Å². The van der Waals surface area contributed by atoms with Crippen molar-refractivity contribution in [1.82, 2.24) is 9.80 Å². The molecule has 0 saturated carbocycles. The summed E-state index contributed by atoms with van der Waals surface area (Å²) in [5.41, 5.74) is 0.345. The molecule has 2 amide bonds. The Balaban J connectivity index is 1.68. The van der Waals surface area contributed by atoms with Crippen LogP contribution in [-0.4, -0.2) is 74.5 Å². The maximum atomic E-state index is 13.6. The molecule has 4 rings (SSSR count). The fourth-order valence-corrected chi connectivity index (χ4v) is 5.40. The van der Waals surface area contributed by atoms with E-state index in [0.717, 1.165) is 0 Å². The highest BCUT2D eigenvalue weighted by Gasteiger charge is 2.26. The number of amides is 2. The summed E-state index contributed by atoms with van der Waals surface area (Å²) in [5.74, 6) is 0.635. The molecular formula is C30H34BrClN2O8. The molecule has 0 atom stereocenters. The molecule has 0 spiro atoms. The van der Waals surface area contributed by atoms with Crippen molar-refractivity contribution in [3.8, 4) is 22.8 Å². The van der Waals surface area contributed by atoms with E-state index >= 15 is 0 Å². The number of rotatable bonds is 8. The molecule has 2 aromatic carbocycles. The van der Waals surface area contributed by atoms with Gasteiger partial charge in [-0.05, 0) is 72.6 Å². The SMILES string of the molecule is COc1ccc(-c2oc3c(Br)cc(CN(CCC(=O)N4CCOCC4)C(=O)OC(C)(C)C)cc3c(=O)c2OC)cc1Cl. The number of morpholine rings is 1. The molecule has 3 aromatic rings. The first-order valence-electron chi connectivity index (χ1n) is 13.4. The molecular weight excluding hydrogens is 632 g/mol. The second-order valence-electron chi connectivity index (χ2n) is 10.7. The highest BCUT2D eigenvalue weighted by atomic mass is 79.9. The molecule has 1 aromatic heterocycles. The van der Waals surface area contributed by atoms with Crippen LogP contribution < -0.4 is 14.9 Å². The molecule has 0 unspecified atom stereocenters. The molecule has 42 heavy (non-hydrogen) atoms. The van der Waals surface area contributed by atoms with E-state index in [2.05, 4.69) is 15.9 Å². The molecule has 2 heterocycles. The van der Waals surface area contributed by atoms with Gasteiger partial charge in [-0.15, -0.1) is 0 Å². The molecule has 0 bridgehead atoms. The minimum atomic E-state index is -0.733. The minimum absolute atomic E-state index is 0.00731. The summed E-state index contributed by atoms with van der Waals surface area (Å²) in [6.45, 7) is 7.58. The molecule has 0 N–H and O–H groups in total. The van der Waals surface area contributed by atoms with E-state index in [1.807, 2.05) is 0 Å². The van der Waals surface area contributed by atoms with Crippen LogP contribution in [0.3, 0.4) is 0 Å². The standard InChI is InChI=1S/C30H34BrClN2O8/c1-30(2,3)42-29(37)34(9-8-24(35)33-10-12-40-13-11-33)17-18-14-20-25(36)28(39-5)26(41-27(20)21(31)15-18)19-6-7-23(38-4)22(32)16-19/h6-7,14-16H,8-13,17H2,1-5H3. The quantitative estimate of drug-likeness (QED) is 0.294. The first kappa shape index (κ1) is 31.7. The fourth-order valence-electron chi connectivity index (χ4n) is 4.55. The second kappa shape index (κ2) is 13.4. The summed E-state index contributed by atoms with van der Waals surface area (Å²) in [5, 5.41) is 0.608. The zero-order chi connectivity index (χ0) is 30.6. The number of benzene rings is 2. The number of methoxy groups -OCH3 is 2. The Hall–Kier alpha value is -3.28. The Kier molecular flexibility index (Phi) is 10.1. The number of hydrogen-bond acceptors (Lipinski definition) is 8. The summed E-state index contributed by atoms with van der Waals surface area (Å²) in [7, 11) is 2.90. The summed E-state index contributed by atoms with van der Waals surface area (Å²) >= 11 is 9.86. The topological polar surface area (TPSA) is 108 Å². The van der Waals surface area contributed by atoms with E-state index in [-0.39, 0.29) is 42.3 Å². The van der Waals surface area contributed by atoms with Crippen LogP contribution in [0.15, 0.2) is 44.0 Å². The van der Waals surface area contributed by atoms with Crippen molar-refractivity contribution >= 4 is 50.5 Å². The van der Waals surface area contributed by atoms with Crippen molar-refractivity contribution in [2.24, 2.45) is 0 Å². The predicted octanol–water partition coefficient (Wildman–Crippen LogP) is 5.88. The fraction of sp³-hybridized carbons (Fsp3) is 0.433. The zero-order valence-corrected chi connectivity index (χ0v) is 26.6. The molecule has 12 heteroatoms. The number of carbonyl (C=O) groups is 2. The summed E-state index contributed by atoms with van der Waals surface area (Å²) in [4.78, 5) is 42.8. The lowest BCUT2D eigenvalue weighted by Gasteiger charge is -2.30. The highest BCUT2D eigenvalue weighted by Crippen LogP contribution is 2.37. The van der Waals surface area contributed by atoms with Crippen LogP contribution in [0.5, 0.6) is 11.5 Å². The first-order chi connectivity index (χ1) is 19.9. The van der Waals surface area contributed by atoms with E-state index in [1.54, 1.807) is 56.0 Å². The Morgan fingerprint density at radius 1 is 1.10 bits per heavy atom. The zero-order valence-electron chi connectivity index (χ0n) is 24.3. The Morgan fingerprint density at radius 2 is 1.81 bits per heavy atom. The molecule has 1 aliphatic heterocycles.